The van der Waals surface area contributed by atoms with Crippen molar-refractivity contribution in [3.63, 3.8) is 0 Å². The number of hydrogen-bond donors (Lipinski definition) is 1. The summed E-state index contributed by atoms with van der Waals surface area (Å²) in [7, 11) is 1.55. The van der Waals surface area contributed by atoms with Crippen LogP contribution >= 0.6 is 12.4 Å². The molecule has 12 nitrogen and oxygen atoms in total. The number of ether oxygens (including phenoxy) is 1. The highest BCUT2D eigenvalue weighted by atomic mass is 35.5. The molecule has 3 aromatic rings. The number of benzene rings is 1. The maximum absolute atomic E-state index is 13.9. The van der Waals surface area contributed by atoms with Crippen molar-refractivity contribution in [2.24, 2.45) is 12.8 Å². The predicted molar refractivity (Wildman–Crippen MR) is 163 cm³/mol. The molecule has 2 N–H and O–H groups in total. The van der Waals surface area contributed by atoms with Crippen LogP contribution in [0.5, 0.6) is 0 Å². The Morgan fingerprint density at radius 1 is 1.10 bits per heavy atom. The Morgan fingerprint density at radius 3 is 2.50 bits per heavy atom. The molecule has 2 aliphatic rings. The van der Waals surface area contributed by atoms with Crippen LogP contribution in [0.4, 0.5) is 5.95 Å². The molecule has 0 bridgehead atoms. The van der Waals surface area contributed by atoms with E-state index in [4.69, 9.17) is 15.5 Å². The number of ketones is 1. The van der Waals surface area contributed by atoms with Crippen molar-refractivity contribution in [3.8, 4) is 0 Å². The maximum atomic E-state index is 13.9. The standard InChI is InChI=1S/C29H37N7O5.ClH/c1-19(2)9-11-35-24-25(31-28(35)34-10-5-8-22(30)17-34)32(3)29(40)36(27(24)39)18-23(37)20-6-4-7-21(16-20)26(38)33-12-14-41-15-13-33;/h4,6-7,9,16,22H,5,8,10-15,17-18,30H2,1-3H3;1H. The summed E-state index contributed by atoms with van der Waals surface area (Å²) in [6.07, 6.45) is 3.81. The molecule has 0 aliphatic carbocycles. The van der Waals surface area contributed by atoms with Gasteiger partial charge in [-0.1, -0.05) is 23.8 Å². The van der Waals surface area contributed by atoms with E-state index in [1.807, 2.05) is 24.5 Å². The molecule has 1 unspecified atom stereocenters. The van der Waals surface area contributed by atoms with Crippen LogP contribution in [-0.2, 0) is 24.9 Å². The van der Waals surface area contributed by atoms with Gasteiger partial charge in [-0.25, -0.2) is 4.79 Å². The maximum Gasteiger partial charge on any atom is 0.332 e. The van der Waals surface area contributed by atoms with E-state index in [2.05, 4.69) is 4.90 Å². The number of nitrogens with two attached hydrogens (primary N) is 1. The van der Waals surface area contributed by atoms with E-state index in [0.717, 1.165) is 29.5 Å². The highest BCUT2D eigenvalue weighted by molar-refractivity contribution is 6.00. The van der Waals surface area contributed by atoms with Crippen LogP contribution in [0.2, 0.25) is 0 Å². The van der Waals surface area contributed by atoms with Crippen LogP contribution in [0.25, 0.3) is 11.2 Å². The Bertz CT molecular complexity index is 1630. The number of carbonyl (C=O) groups is 2. The fourth-order valence-corrected chi connectivity index (χ4v) is 5.39. The summed E-state index contributed by atoms with van der Waals surface area (Å²) < 4.78 is 9.40. The van der Waals surface area contributed by atoms with Gasteiger partial charge >= 0.3 is 5.69 Å². The summed E-state index contributed by atoms with van der Waals surface area (Å²) in [6.45, 7) is 7.10. The largest absolute Gasteiger partial charge is 0.378 e. The van der Waals surface area contributed by atoms with Gasteiger partial charge in [0.1, 0.15) is 0 Å². The first-order valence-corrected chi connectivity index (χ1v) is 14.0. The lowest BCUT2D eigenvalue weighted by atomic mass is 10.1. The van der Waals surface area contributed by atoms with Gasteiger partial charge in [-0.3, -0.25) is 23.5 Å². The summed E-state index contributed by atoms with van der Waals surface area (Å²) in [6, 6.07) is 6.38. The zero-order valence-corrected chi connectivity index (χ0v) is 25.1. The summed E-state index contributed by atoms with van der Waals surface area (Å²) in [5, 5.41) is 0. The fourth-order valence-electron chi connectivity index (χ4n) is 5.39. The molecule has 1 atom stereocenters. The van der Waals surface area contributed by atoms with Crippen LogP contribution in [0.15, 0.2) is 45.5 Å². The van der Waals surface area contributed by atoms with Gasteiger partial charge in [0.2, 0.25) is 5.95 Å². The van der Waals surface area contributed by atoms with Crippen molar-refractivity contribution < 1.29 is 14.3 Å². The van der Waals surface area contributed by atoms with Gasteiger partial charge in [-0.2, -0.15) is 4.98 Å². The molecule has 1 amide bonds. The minimum Gasteiger partial charge on any atom is -0.378 e. The molecule has 2 saturated heterocycles. The van der Waals surface area contributed by atoms with Gasteiger partial charge in [0.25, 0.3) is 11.5 Å². The van der Waals surface area contributed by atoms with Crippen LogP contribution in [0.3, 0.4) is 0 Å². The number of nitrogens with zero attached hydrogens (tertiary/aromatic N) is 6. The number of allylic oxidation sites excluding steroid dienone is 2. The van der Waals surface area contributed by atoms with Gasteiger partial charge in [-0.05, 0) is 38.8 Å². The van der Waals surface area contributed by atoms with Crippen molar-refractivity contribution in [1.82, 2.24) is 23.6 Å². The Hall–Kier alpha value is -3.74. The average molecular weight is 600 g/mol. The molecule has 42 heavy (non-hydrogen) atoms. The molecule has 0 saturated carbocycles. The van der Waals surface area contributed by atoms with Crippen molar-refractivity contribution in [2.45, 2.75) is 45.8 Å². The lowest BCUT2D eigenvalue weighted by Gasteiger charge is -2.31. The molecule has 2 aromatic heterocycles. The average Bonchev–Trinajstić information content (AvgIpc) is 3.37. The highest BCUT2D eigenvalue weighted by Gasteiger charge is 2.27. The Kier molecular flexibility index (Phi) is 9.70. The molecule has 13 heteroatoms. The quantitative estimate of drug-likeness (QED) is 0.319. The van der Waals surface area contributed by atoms with E-state index < -0.39 is 23.6 Å². The van der Waals surface area contributed by atoms with Gasteiger partial charge in [-0.15, -0.1) is 12.4 Å². The lowest BCUT2D eigenvalue weighted by molar-refractivity contribution is 0.0303. The van der Waals surface area contributed by atoms with Gasteiger partial charge in [0, 0.05) is 56.9 Å². The first kappa shape index (κ1) is 31.2. The van der Waals surface area contributed by atoms with E-state index in [0.29, 0.717) is 50.9 Å². The van der Waals surface area contributed by atoms with Gasteiger partial charge in [0.15, 0.2) is 16.9 Å². The number of aromatic nitrogens is 4. The molecular weight excluding hydrogens is 562 g/mol. The van der Waals surface area contributed by atoms with Crippen LogP contribution in [-0.4, -0.2) is 80.7 Å². The molecule has 2 fully saturated rings. The second-order valence-corrected chi connectivity index (χ2v) is 11.0. The molecule has 226 valence electrons. The number of anilines is 1. The van der Waals surface area contributed by atoms with E-state index in [1.54, 1.807) is 30.1 Å². The van der Waals surface area contributed by atoms with Crippen LogP contribution < -0.4 is 21.9 Å². The van der Waals surface area contributed by atoms with E-state index in [1.165, 1.54) is 10.6 Å². The minimum absolute atomic E-state index is 0. The monoisotopic (exact) mass is 599 g/mol. The van der Waals surface area contributed by atoms with E-state index in [-0.39, 0.29) is 41.1 Å². The molecule has 0 radical (unpaired) electrons. The number of morpholine rings is 1. The van der Waals surface area contributed by atoms with Crippen LogP contribution in [0, 0.1) is 0 Å². The normalized spacial score (nSPS) is 17.2. The van der Waals surface area contributed by atoms with E-state index >= 15 is 0 Å². The molecule has 4 heterocycles. The minimum atomic E-state index is -0.634. The third kappa shape index (κ3) is 6.20. The third-order valence-electron chi connectivity index (χ3n) is 7.67. The summed E-state index contributed by atoms with van der Waals surface area (Å²) in [5.41, 5.74) is 7.23. The topological polar surface area (TPSA) is 138 Å². The zero-order chi connectivity index (χ0) is 29.3. The molecule has 5 rings (SSSR count). The Balaban J connectivity index is 0.00000405. The number of hydrogen-bond acceptors (Lipinski definition) is 8. The number of aryl methyl sites for hydroxylation is 1. The number of amides is 1. The van der Waals surface area contributed by atoms with Crippen molar-refractivity contribution in [3.05, 3.63) is 67.9 Å². The number of Topliss-reactive ketones (excluding diaryl/α,β-unsaturated/α-hetero) is 1. The first-order chi connectivity index (χ1) is 19.7. The van der Waals surface area contributed by atoms with Crippen molar-refractivity contribution in [1.29, 1.82) is 0 Å². The molecule has 2 aliphatic heterocycles. The second kappa shape index (κ2) is 13.1. The second-order valence-electron chi connectivity index (χ2n) is 11.0. The lowest BCUT2D eigenvalue weighted by Crippen LogP contribution is -2.44. The van der Waals surface area contributed by atoms with Crippen molar-refractivity contribution in [2.75, 3.05) is 44.3 Å². The fraction of sp³-hybridized carbons (Fsp3) is 0.483. The number of fused-ring (bicyclic) bond motifs is 1. The van der Waals surface area contributed by atoms with E-state index in [9.17, 15) is 19.2 Å². The molecule has 0 spiro atoms. The number of imidazole rings is 1. The number of carbonyl (C=O) groups excluding carboxylic acids is 2. The Morgan fingerprint density at radius 2 is 1.81 bits per heavy atom. The predicted octanol–water partition coefficient (Wildman–Crippen LogP) is 1.57. The van der Waals surface area contributed by atoms with Crippen molar-refractivity contribution >= 4 is 41.2 Å². The number of halogens is 1. The van der Waals surface area contributed by atoms with Gasteiger partial charge in [0.05, 0.1) is 19.8 Å². The van der Waals surface area contributed by atoms with Crippen LogP contribution in [0.1, 0.15) is 47.4 Å². The SMILES string of the molecule is CC(C)=CCn1c(N2CCCC(N)C2)nc2c1c(=O)n(CC(=O)c1cccc(C(=O)N3CCOCC3)c1)c(=O)n2C.Cl. The Labute approximate surface area is 249 Å². The zero-order valence-electron chi connectivity index (χ0n) is 24.2. The number of piperidine rings is 1. The summed E-state index contributed by atoms with van der Waals surface area (Å²) >= 11 is 0. The summed E-state index contributed by atoms with van der Waals surface area (Å²) in [4.78, 5) is 62.1. The molecular formula is C29H38ClN7O5. The number of rotatable bonds is 7. The summed E-state index contributed by atoms with van der Waals surface area (Å²) in [5.74, 6) is -0.0542. The highest BCUT2D eigenvalue weighted by Crippen LogP contribution is 2.23. The first-order valence-electron chi connectivity index (χ1n) is 14.0. The smallest absolute Gasteiger partial charge is 0.332 e. The molecule has 1 aromatic carbocycles. The van der Waals surface area contributed by atoms with Gasteiger partial charge < -0.3 is 24.8 Å². The third-order valence-corrected chi connectivity index (χ3v) is 7.67.